The van der Waals surface area contributed by atoms with E-state index < -0.39 is 11.5 Å². The maximum absolute atomic E-state index is 11.2. The Morgan fingerprint density at radius 3 is 2.58 bits per heavy atom. The summed E-state index contributed by atoms with van der Waals surface area (Å²) in [4.78, 5) is 26.3. The fourth-order valence-electron chi connectivity index (χ4n) is 4.51. The molecule has 4 N–H and O–H groups in total. The van der Waals surface area contributed by atoms with E-state index in [1.165, 1.54) is 10.3 Å². The van der Waals surface area contributed by atoms with Gasteiger partial charge in [-0.1, -0.05) is 37.2 Å². The number of carbonyl (C=O) groups excluding carboxylic acids is 1. The summed E-state index contributed by atoms with van der Waals surface area (Å²) in [6.45, 7) is 2.15. The third-order valence-corrected chi connectivity index (χ3v) is 7.70. The van der Waals surface area contributed by atoms with E-state index in [4.69, 9.17) is 10.8 Å². The van der Waals surface area contributed by atoms with Gasteiger partial charge in [-0.3, -0.25) is 14.0 Å². The number of fused-ring (bicyclic) bond motifs is 2. The van der Waals surface area contributed by atoms with Crippen molar-refractivity contribution in [1.29, 1.82) is 0 Å². The highest BCUT2D eigenvalue weighted by Crippen LogP contribution is 2.30. The van der Waals surface area contributed by atoms with Crippen LogP contribution in [0.3, 0.4) is 0 Å². The van der Waals surface area contributed by atoms with Gasteiger partial charge in [-0.05, 0) is 73.4 Å². The van der Waals surface area contributed by atoms with Gasteiger partial charge in [0.05, 0.1) is 15.8 Å². The number of anilines is 2. The maximum atomic E-state index is 11.2. The number of aromatic nitrogens is 4. The minimum absolute atomic E-state index is 0.520. The zero-order valence-electron chi connectivity index (χ0n) is 20.9. The molecule has 6 rings (SSSR count). The normalized spacial score (nSPS) is 14.3. The van der Waals surface area contributed by atoms with Gasteiger partial charge in [0.2, 0.25) is 0 Å². The van der Waals surface area contributed by atoms with Gasteiger partial charge in [-0.25, -0.2) is 4.98 Å². The molecule has 10 heteroatoms. The van der Waals surface area contributed by atoms with Gasteiger partial charge < -0.3 is 16.2 Å². The fourth-order valence-corrected chi connectivity index (χ4v) is 5.46. The highest BCUT2D eigenvalue weighted by molar-refractivity contribution is 7.22. The Balaban J connectivity index is 0.000000278. The first-order valence-electron chi connectivity index (χ1n) is 12.5. The second-order valence-corrected chi connectivity index (χ2v) is 10.4. The highest BCUT2D eigenvalue weighted by Gasteiger charge is 2.36. The molecule has 0 amide bonds. The summed E-state index contributed by atoms with van der Waals surface area (Å²) in [5.41, 5.74) is 9.88. The number of aliphatic carboxylic acids is 1. The quantitative estimate of drug-likeness (QED) is 0.247. The van der Waals surface area contributed by atoms with Gasteiger partial charge in [-0.2, -0.15) is 0 Å². The van der Waals surface area contributed by atoms with Crippen molar-refractivity contribution in [3.63, 3.8) is 0 Å². The predicted octanol–water partition coefficient (Wildman–Crippen LogP) is 5.47. The zero-order valence-corrected chi connectivity index (χ0v) is 21.7. The van der Waals surface area contributed by atoms with E-state index in [0.29, 0.717) is 29.9 Å². The molecule has 3 heterocycles. The van der Waals surface area contributed by atoms with Gasteiger partial charge in [0.15, 0.2) is 22.9 Å². The van der Waals surface area contributed by atoms with Crippen LogP contribution in [0.15, 0.2) is 60.8 Å². The molecule has 5 aromatic rings. The number of nitrogens with one attached hydrogen (secondary N) is 1. The summed E-state index contributed by atoms with van der Waals surface area (Å²) >= 11 is 1.65. The van der Waals surface area contributed by atoms with Gasteiger partial charge in [0.25, 0.3) is 0 Å². The Kier molecular flexibility index (Phi) is 7.17. The molecule has 0 aliphatic heterocycles. The van der Waals surface area contributed by atoms with Crippen LogP contribution < -0.4 is 11.1 Å². The number of carboxylic acids is 1. The average molecular weight is 529 g/mol. The fraction of sp³-hybridized carbons (Fsp3) is 0.250. The lowest BCUT2D eigenvalue weighted by Crippen LogP contribution is -2.44. The molecule has 0 saturated heterocycles. The number of carboxylic acid groups (broad SMARTS) is 1. The van der Waals surface area contributed by atoms with Crippen molar-refractivity contribution in [3.05, 3.63) is 71.9 Å². The van der Waals surface area contributed by atoms with Crippen molar-refractivity contribution in [1.82, 2.24) is 19.6 Å². The number of pyridine rings is 1. The lowest BCUT2D eigenvalue weighted by molar-refractivity contribution is -0.143. The largest absolute Gasteiger partial charge is 0.480 e. The van der Waals surface area contributed by atoms with Crippen molar-refractivity contribution >= 4 is 50.3 Å². The summed E-state index contributed by atoms with van der Waals surface area (Å²) in [6, 6.07) is 17.9. The van der Waals surface area contributed by atoms with Crippen molar-refractivity contribution in [3.8, 4) is 11.4 Å². The van der Waals surface area contributed by atoms with Gasteiger partial charge >= 0.3 is 5.97 Å². The Labute approximate surface area is 223 Å². The molecule has 0 spiro atoms. The number of aldehydes is 1. The third-order valence-electron chi connectivity index (χ3n) is 6.77. The first-order valence-corrected chi connectivity index (χ1v) is 13.3. The molecule has 194 valence electrons. The number of rotatable bonds is 6. The highest BCUT2D eigenvalue weighted by atomic mass is 32.1. The Bertz CT molecular complexity index is 1600. The van der Waals surface area contributed by atoms with Gasteiger partial charge in [0.1, 0.15) is 5.54 Å². The topological polar surface area (TPSA) is 136 Å². The van der Waals surface area contributed by atoms with Gasteiger partial charge in [-0.15, -0.1) is 10.2 Å². The molecule has 38 heavy (non-hydrogen) atoms. The molecule has 0 radical (unpaired) electrons. The molecule has 1 aliphatic rings. The van der Waals surface area contributed by atoms with E-state index in [1.54, 1.807) is 17.4 Å². The SMILES string of the molecule is CCc1ccc2nc(Nc3ccc(-c4nnc5c(C=O)cccn45)cc3)sc2c1.NC1(C(=O)O)CCCC1. The molecule has 3 aromatic heterocycles. The summed E-state index contributed by atoms with van der Waals surface area (Å²) in [6.07, 6.45) is 6.87. The maximum Gasteiger partial charge on any atom is 0.323 e. The second-order valence-electron chi connectivity index (χ2n) is 9.34. The summed E-state index contributed by atoms with van der Waals surface area (Å²) in [5, 5.41) is 21.2. The summed E-state index contributed by atoms with van der Waals surface area (Å²) in [7, 11) is 0. The van der Waals surface area contributed by atoms with E-state index in [2.05, 4.69) is 45.6 Å². The van der Waals surface area contributed by atoms with Gasteiger partial charge in [0, 0.05) is 17.4 Å². The molecule has 1 saturated carbocycles. The monoisotopic (exact) mass is 528 g/mol. The van der Waals surface area contributed by atoms with Crippen LogP contribution in [0.25, 0.3) is 27.3 Å². The standard InChI is InChI=1S/C22H17N5OS.C6H11NO2/c1-2-14-5-10-18-19(12-14)29-22(24-18)23-17-8-6-15(7-9-17)20-25-26-21-16(13-28)4-3-11-27(20)21;7-6(5(8)9)3-1-2-4-6/h3-13H,2H2,1H3,(H,23,24);1-4,7H2,(H,8,9). The van der Waals surface area contributed by atoms with Crippen LogP contribution >= 0.6 is 11.3 Å². The van der Waals surface area contributed by atoms with E-state index in [1.807, 2.05) is 40.9 Å². The molecular formula is C28H28N6O3S. The molecule has 9 nitrogen and oxygen atoms in total. The van der Waals surface area contributed by atoms with Crippen LogP contribution in [0.2, 0.25) is 0 Å². The molecule has 2 aromatic carbocycles. The minimum Gasteiger partial charge on any atom is -0.480 e. The predicted molar refractivity (Wildman–Crippen MR) is 149 cm³/mol. The Hall–Kier alpha value is -4.15. The van der Waals surface area contributed by atoms with Crippen LogP contribution in [-0.2, 0) is 11.2 Å². The molecule has 1 fully saturated rings. The number of carbonyl (C=O) groups is 2. The Morgan fingerprint density at radius 1 is 1.16 bits per heavy atom. The van der Waals surface area contributed by atoms with Crippen LogP contribution in [-0.4, -0.2) is 42.5 Å². The third kappa shape index (κ3) is 5.13. The first kappa shape index (κ1) is 25.5. The van der Waals surface area contributed by atoms with Crippen LogP contribution in [0.1, 0.15) is 48.5 Å². The molecule has 1 aliphatic carbocycles. The molecule has 0 unspecified atom stereocenters. The minimum atomic E-state index is -0.889. The van der Waals surface area contributed by atoms with E-state index >= 15 is 0 Å². The summed E-state index contributed by atoms with van der Waals surface area (Å²) < 4.78 is 3.01. The van der Waals surface area contributed by atoms with Crippen molar-refractivity contribution in [2.75, 3.05) is 5.32 Å². The summed E-state index contributed by atoms with van der Waals surface area (Å²) in [5.74, 6) is -0.151. The lowest BCUT2D eigenvalue weighted by atomic mass is 10.0. The van der Waals surface area contributed by atoms with Crippen molar-refractivity contribution < 1.29 is 14.7 Å². The zero-order chi connectivity index (χ0) is 26.7. The average Bonchev–Trinajstić information content (AvgIpc) is 3.67. The number of nitrogens with two attached hydrogens (primary N) is 1. The molecular weight excluding hydrogens is 500 g/mol. The second kappa shape index (κ2) is 10.7. The van der Waals surface area contributed by atoms with E-state index in [-0.39, 0.29) is 0 Å². The molecule has 0 atom stereocenters. The van der Waals surface area contributed by atoms with Crippen LogP contribution in [0.4, 0.5) is 10.8 Å². The molecule has 0 bridgehead atoms. The van der Waals surface area contributed by atoms with Crippen LogP contribution in [0, 0.1) is 0 Å². The Morgan fingerprint density at radius 2 is 1.92 bits per heavy atom. The van der Waals surface area contributed by atoms with E-state index in [0.717, 1.165) is 47.4 Å². The first-order chi connectivity index (χ1) is 18.4. The number of thiazole rings is 1. The number of nitrogens with zero attached hydrogens (tertiary/aromatic N) is 4. The number of hydrogen-bond acceptors (Lipinski definition) is 8. The number of hydrogen-bond donors (Lipinski definition) is 3. The number of benzene rings is 2. The van der Waals surface area contributed by atoms with E-state index in [9.17, 15) is 9.59 Å². The van der Waals surface area contributed by atoms with Crippen molar-refractivity contribution in [2.45, 2.75) is 44.6 Å². The smallest absolute Gasteiger partial charge is 0.323 e. The van der Waals surface area contributed by atoms with Crippen LogP contribution in [0.5, 0.6) is 0 Å². The lowest BCUT2D eigenvalue weighted by Gasteiger charge is -2.15. The number of aryl methyl sites for hydroxylation is 1. The van der Waals surface area contributed by atoms with Crippen molar-refractivity contribution in [2.24, 2.45) is 5.73 Å².